The van der Waals surface area contributed by atoms with Crippen LogP contribution in [0.15, 0.2) is 24.3 Å². The highest BCUT2D eigenvalue weighted by atomic mass is 19.1. The Morgan fingerprint density at radius 1 is 1.42 bits per heavy atom. The van der Waals surface area contributed by atoms with Crippen LogP contribution in [-0.4, -0.2) is 19.1 Å². The van der Waals surface area contributed by atoms with Gasteiger partial charge in [-0.05, 0) is 37.3 Å². The van der Waals surface area contributed by atoms with Gasteiger partial charge in [-0.2, -0.15) is 0 Å². The molecule has 4 heteroatoms. The van der Waals surface area contributed by atoms with Gasteiger partial charge in [-0.3, -0.25) is 4.79 Å². The summed E-state index contributed by atoms with van der Waals surface area (Å²) in [5.41, 5.74) is 0. The lowest BCUT2D eigenvalue weighted by Gasteiger charge is -2.25. The predicted octanol–water partition coefficient (Wildman–Crippen LogP) is 2.90. The van der Waals surface area contributed by atoms with Crippen molar-refractivity contribution in [1.29, 1.82) is 0 Å². The monoisotopic (exact) mass is 265 g/mol. The molecule has 0 spiro atoms. The minimum absolute atomic E-state index is 0.0785. The molecule has 0 aromatic heterocycles. The molecule has 0 unspecified atom stereocenters. The van der Waals surface area contributed by atoms with Crippen LogP contribution in [0.3, 0.4) is 0 Å². The number of ether oxygens (including phenoxy) is 1. The van der Waals surface area contributed by atoms with Crippen molar-refractivity contribution in [3.05, 3.63) is 30.1 Å². The maximum absolute atomic E-state index is 12.9. The Kier molecular flexibility index (Phi) is 5.19. The average molecular weight is 265 g/mol. The van der Waals surface area contributed by atoms with Gasteiger partial charge in [0.15, 0.2) is 0 Å². The zero-order valence-electron chi connectivity index (χ0n) is 11.0. The minimum Gasteiger partial charge on any atom is -0.493 e. The van der Waals surface area contributed by atoms with Crippen molar-refractivity contribution in [3.8, 4) is 5.75 Å². The molecule has 0 atom stereocenters. The second kappa shape index (κ2) is 7.12. The van der Waals surface area contributed by atoms with Gasteiger partial charge in [0, 0.05) is 19.0 Å². The van der Waals surface area contributed by atoms with Gasteiger partial charge in [-0.1, -0.05) is 12.5 Å². The third-order valence-electron chi connectivity index (χ3n) is 3.43. The van der Waals surface area contributed by atoms with Crippen LogP contribution in [0, 0.1) is 11.7 Å². The van der Waals surface area contributed by atoms with Crippen LogP contribution >= 0.6 is 0 Å². The molecule has 1 aliphatic rings. The SMILES string of the molecule is O=C(CCCOc1cccc(F)c1)NCC1CCC1. The van der Waals surface area contributed by atoms with E-state index in [-0.39, 0.29) is 11.7 Å². The molecule has 1 saturated carbocycles. The third-order valence-corrected chi connectivity index (χ3v) is 3.43. The average Bonchev–Trinajstić information content (AvgIpc) is 2.33. The lowest BCUT2D eigenvalue weighted by molar-refractivity contribution is -0.121. The van der Waals surface area contributed by atoms with Gasteiger partial charge in [0.25, 0.3) is 0 Å². The summed E-state index contributed by atoms with van der Waals surface area (Å²) in [6.07, 6.45) is 4.88. The number of rotatable bonds is 7. The molecule has 2 rings (SSSR count). The first-order chi connectivity index (χ1) is 9.24. The highest BCUT2D eigenvalue weighted by molar-refractivity contribution is 5.75. The van der Waals surface area contributed by atoms with Crippen LogP contribution in [0.4, 0.5) is 4.39 Å². The molecular formula is C15H20FNO2. The molecule has 1 fully saturated rings. The summed E-state index contributed by atoms with van der Waals surface area (Å²) in [6, 6.07) is 6.03. The lowest BCUT2D eigenvalue weighted by Crippen LogP contribution is -2.32. The summed E-state index contributed by atoms with van der Waals surface area (Å²) in [4.78, 5) is 11.5. The molecule has 0 saturated heterocycles. The van der Waals surface area contributed by atoms with Gasteiger partial charge in [0.1, 0.15) is 11.6 Å². The third kappa shape index (κ3) is 4.89. The molecule has 0 radical (unpaired) electrons. The molecule has 1 aliphatic carbocycles. The molecule has 0 aliphatic heterocycles. The van der Waals surface area contributed by atoms with E-state index in [1.165, 1.54) is 31.4 Å². The van der Waals surface area contributed by atoms with E-state index in [1.54, 1.807) is 12.1 Å². The number of carbonyl (C=O) groups excluding carboxylic acids is 1. The fraction of sp³-hybridized carbons (Fsp3) is 0.533. The molecule has 1 aromatic rings. The second-order valence-corrected chi connectivity index (χ2v) is 5.01. The molecule has 3 nitrogen and oxygen atoms in total. The van der Waals surface area contributed by atoms with Crippen LogP contribution < -0.4 is 10.1 Å². The van der Waals surface area contributed by atoms with E-state index in [4.69, 9.17) is 4.74 Å². The van der Waals surface area contributed by atoms with E-state index in [1.807, 2.05) is 0 Å². The fourth-order valence-electron chi connectivity index (χ4n) is 2.02. The first kappa shape index (κ1) is 13.8. The Labute approximate surface area is 113 Å². The van der Waals surface area contributed by atoms with Crippen LogP contribution in [0.1, 0.15) is 32.1 Å². The molecule has 19 heavy (non-hydrogen) atoms. The van der Waals surface area contributed by atoms with Gasteiger partial charge in [-0.25, -0.2) is 4.39 Å². The van der Waals surface area contributed by atoms with Crippen LogP contribution in [0.5, 0.6) is 5.75 Å². The molecule has 1 aromatic carbocycles. The normalized spacial score (nSPS) is 14.8. The topological polar surface area (TPSA) is 38.3 Å². The Morgan fingerprint density at radius 3 is 2.95 bits per heavy atom. The first-order valence-corrected chi connectivity index (χ1v) is 6.89. The van der Waals surface area contributed by atoms with Crippen LogP contribution in [0.25, 0.3) is 0 Å². The summed E-state index contributed by atoms with van der Waals surface area (Å²) in [5.74, 6) is 0.966. The zero-order chi connectivity index (χ0) is 13.5. The van der Waals surface area contributed by atoms with Gasteiger partial charge < -0.3 is 10.1 Å². The Bertz CT molecular complexity index is 418. The van der Waals surface area contributed by atoms with Gasteiger partial charge in [0.05, 0.1) is 6.61 Å². The largest absolute Gasteiger partial charge is 0.493 e. The number of hydrogen-bond acceptors (Lipinski definition) is 2. The number of carbonyl (C=O) groups is 1. The van der Waals surface area contributed by atoms with E-state index in [9.17, 15) is 9.18 Å². The molecule has 0 heterocycles. The smallest absolute Gasteiger partial charge is 0.220 e. The van der Waals surface area contributed by atoms with Crippen LogP contribution in [0.2, 0.25) is 0 Å². The Morgan fingerprint density at radius 2 is 2.26 bits per heavy atom. The number of hydrogen-bond donors (Lipinski definition) is 1. The number of amides is 1. The highest BCUT2D eigenvalue weighted by Crippen LogP contribution is 2.25. The summed E-state index contributed by atoms with van der Waals surface area (Å²) in [7, 11) is 0. The van der Waals surface area contributed by atoms with Crippen molar-refractivity contribution >= 4 is 5.91 Å². The van der Waals surface area contributed by atoms with Gasteiger partial charge in [-0.15, -0.1) is 0 Å². The second-order valence-electron chi connectivity index (χ2n) is 5.01. The first-order valence-electron chi connectivity index (χ1n) is 6.89. The number of halogens is 1. The quantitative estimate of drug-likeness (QED) is 0.770. The summed E-state index contributed by atoms with van der Waals surface area (Å²) in [6.45, 7) is 1.24. The van der Waals surface area contributed by atoms with Crippen molar-refractivity contribution in [2.75, 3.05) is 13.2 Å². The highest BCUT2D eigenvalue weighted by Gasteiger charge is 2.17. The summed E-state index contributed by atoms with van der Waals surface area (Å²) >= 11 is 0. The predicted molar refractivity (Wildman–Crippen MR) is 71.5 cm³/mol. The van der Waals surface area contributed by atoms with Crippen molar-refractivity contribution in [1.82, 2.24) is 5.32 Å². The Balaban J connectivity index is 1.54. The Hall–Kier alpha value is -1.58. The maximum atomic E-state index is 12.9. The molecular weight excluding hydrogens is 245 g/mol. The number of nitrogens with one attached hydrogen (secondary N) is 1. The molecule has 0 bridgehead atoms. The van der Waals surface area contributed by atoms with Crippen molar-refractivity contribution < 1.29 is 13.9 Å². The zero-order valence-corrected chi connectivity index (χ0v) is 11.0. The molecule has 1 N–H and O–H groups in total. The lowest BCUT2D eigenvalue weighted by atomic mass is 9.85. The van der Waals surface area contributed by atoms with Crippen molar-refractivity contribution in [2.45, 2.75) is 32.1 Å². The van der Waals surface area contributed by atoms with Crippen molar-refractivity contribution in [2.24, 2.45) is 5.92 Å². The molecule has 1 amide bonds. The minimum atomic E-state index is -0.309. The fourth-order valence-corrected chi connectivity index (χ4v) is 2.02. The van der Waals surface area contributed by atoms with Crippen LogP contribution in [-0.2, 0) is 4.79 Å². The van der Waals surface area contributed by atoms with Gasteiger partial charge >= 0.3 is 0 Å². The van der Waals surface area contributed by atoms with E-state index in [0.29, 0.717) is 31.1 Å². The standard InChI is InChI=1S/C15H20FNO2/c16-13-6-2-7-14(10-13)19-9-3-8-15(18)17-11-12-4-1-5-12/h2,6-7,10,12H,1,3-5,8-9,11H2,(H,17,18). The summed E-state index contributed by atoms with van der Waals surface area (Å²) < 4.78 is 18.3. The number of benzene rings is 1. The molecule has 104 valence electrons. The van der Waals surface area contributed by atoms with Crippen molar-refractivity contribution in [3.63, 3.8) is 0 Å². The van der Waals surface area contributed by atoms with Gasteiger partial charge in [0.2, 0.25) is 5.91 Å². The van der Waals surface area contributed by atoms with E-state index in [2.05, 4.69) is 5.32 Å². The van der Waals surface area contributed by atoms with E-state index < -0.39 is 0 Å². The van der Waals surface area contributed by atoms with E-state index >= 15 is 0 Å². The maximum Gasteiger partial charge on any atom is 0.220 e. The summed E-state index contributed by atoms with van der Waals surface area (Å²) in [5, 5.41) is 2.94. The van der Waals surface area contributed by atoms with E-state index in [0.717, 1.165) is 6.54 Å².